The van der Waals surface area contributed by atoms with E-state index in [1.807, 2.05) is 0 Å². The Morgan fingerprint density at radius 1 is 0.394 bits per heavy atom. The highest BCUT2D eigenvalue weighted by Gasteiger charge is 2.20. The van der Waals surface area contributed by atoms with Gasteiger partial charge in [0.25, 0.3) is 0 Å². The van der Waals surface area contributed by atoms with Crippen molar-refractivity contribution in [1.82, 2.24) is 40.5 Å². The molecule has 5 amide bonds. The lowest BCUT2D eigenvalue weighted by atomic mass is 10.2. The summed E-state index contributed by atoms with van der Waals surface area (Å²) in [4.78, 5) is 116. The fourth-order valence-corrected chi connectivity index (χ4v) is 5.67. The topological polar surface area (TPSA) is 402 Å². The highest BCUT2D eigenvalue weighted by atomic mass is 16.5. The normalized spacial score (nSPS) is 10.8. The van der Waals surface area contributed by atoms with Crippen LogP contribution in [0.4, 0.5) is 0 Å². The molecule has 0 rings (SSSR count). The zero-order chi connectivity index (χ0) is 50.5. The molecule has 0 atom stereocenters. The third-order valence-electron chi connectivity index (χ3n) is 9.14. The van der Waals surface area contributed by atoms with Gasteiger partial charge in [-0.25, -0.2) is 15.2 Å². The van der Waals surface area contributed by atoms with Gasteiger partial charge >= 0.3 is 29.8 Å². The van der Waals surface area contributed by atoms with E-state index in [4.69, 9.17) is 31.3 Å². The first-order valence-electron chi connectivity index (χ1n) is 21.5. The molecular weight excluding hydrogens is 882 g/mol. The minimum Gasteiger partial charge on any atom is -0.480 e. The average molecular weight is 954 g/mol. The molecule has 0 heterocycles. The number of carboxylic acids is 5. The molecule has 0 fully saturated rings. The fourth-order valence-electron chi connectivity index (χ4n) is 5.67. The standard InChI is InChI=1S/C25H48N6O8.C14H23N3O10/c1-21(32)29(37)18-9-3-6-16-27-22(33)12-14-25(36)31(39)20-10-4-7-17-28-23(34)11-13-24(35)30(38)19-8-2-5-15-26;18-10(19)5-15(1-3-16(6-11(20)21)7-12(22)23)2-4-17(8-13(24)25)9-14(26)27/h37-39H,2-20,26H2,1H3,(H,27,33)(H,28,34);1-9H2,(H,18,19)(H,20,21)(H,22,23)(H,24,25)(H,26,27). The number of nitrogens with one attached hydrogen (secondary N) is 2. The molecule has 12 N–H and O–H groups in total. The number of hydrogen-bond donors (Lipinski definition) is 11. The number of hydrogen-bond acceptors (Lipinski definition) is 17. The van der Waals surface area contributed by atoms with Crippen molar-refractivity contribution in [2.24, 2.45) is 5.73 Å². The van der Waals surface area contributed by atoms with Crippen LogP contribution in [0, 0.1) is 0 Å². The van der Waals surface area contributed by atoms with Crippen molar-refractivity contribution >= 4 is 59.4 Å². The summed E-state index contributed by atoms with van der Waals surface area (Å²) >= 11 is 0. The van der Waals surface area contributed by atoms with Crippen LogP contribution in [-0.2, 0) is 47.9 Å². The summed E-state index contributed by atoms with van der Waals surface area (Å²) in [6, 6.07) is 0. The molecule has 27 heteroatoms. The summed E-state index contributed by atoms with van der Waals surface area (Å²) in [6.45, 7) is 0.483. The summed E-state index contributed by atoms with van der Waals surface area (Å²) in [7, 11) is 0. The second-order valence-electron chi connectivity index (χ2n) is 15.0. The Morgan fingerprint density at radius 2 is 0.697 bits per heavy atom. The maximum absolute atomic E-state index is 12.0. The number of carbonyl (C=O) groups excluding carboxylic acids is 5. The predicted molar refractivity (Wildman–Crippen MR) is 229 cm³/mol. The van der Waals surface area contributed by atoms with Crippen molar-refractivity contribution in [3.05, 3.63) is 0 Å². The Balaban J connectivity index is 0. The first kappa shape index (κ1) is 62.5. The summed E-state index contributed by atoms with van der Waals surface area (Å²) in [5.41, 5.74) is 5.39. The van der Waals surface area contributed by atoms with Gasteiger partial charge in [-0.15, -0.1) is 0 Å². The number of carboxylic acid groups (broad SMARTS) is 5. The maximum Gasteiger partial charge on any atom is 0.317 e. The number of aliphatic carboxylic acids is 5. The van der Waals surface area contributed by atoms with E-state index < -0.39 is 80.3 Å². The summed E-state index contributed by atoms with van der Waals surface area (Å²) < 4.78 is 0. The van der Waals surface area contributed by atoms with E-state index in [1.54, 1.807) is 0 Å². The van der Waals surface area contributed by atoms with Crippen LogP contribution in [0.3, 0.4) is 0 Å². The lowest BCUT2D eigenvalue weighted by Gasteiger charge is -2.27. The number of nitrogens with zero attached hydrogens (tertiary/aromatic N) is 6. The lowest BCUT2D eigenvalue weighted by Crippen LogP contribution is -2.45. The third kappa shape index (κ3) is 38.8. The zero-order valence-corrected chi connectivity index (χ0v) is 37.7. The fraction of sp³-hybridized carbons (Fsp3) is 0.744. The largest absolute Gasteiger partial charge is 0.480 e. The number of hydroxylamine groups is 6. The number of carbonyl (C=O) groups is 10. The minimum atomic E-state index is -1.24. The molecule has 0 saturated carbocycles. The van der Waals surface area contributed by atoms with Crippen molar-refractivity contribution in [2.75, 3.05) is 98.2 Å². The quantitative estimate of drug-likeness (QED) is 0.0185. The van der Waals surface area contributed by atoms with Crippen LogP contribution >= 0.6 is 0 Å². The Morgan fingerprint density at radius 3 is 1.02 bits per heavy atom. The van der Waals surface area contributed by atoms with Gasteiger partial charge in [-0.2, -0.15) is 0 Å². The number of rotatable bonds is 39. The van der Waals surface area contributed by atoms with Gasteiger partial charge in [0.05, 0.1) is 32.7 Å². The number of unbranched alkanes of at least 4 members (excludes halogenated alkanes) is 6. The van der Waals surface area contributed by atoms with Gasteiger partial charge in [0.15, 0.2) is 0 Å². The molecule has 0 saturated heterocycles. The number of nitrogens with two attached hydrogens (primary N) is 1. The Hall–Kier alpha value is -5.58. The highest BCUT2D eigenvalue weighted by molar-refractivity contribution is 5.84. The van der Waals surface area contributed by atoms with Crippen LogP contribution in [-0.4, -0.2) is 229 Å². The second-order valence-corrected chi connectivity index (χ2v) is 15.0. The van der Waals surface area contributed by atoms with Crippen LogP contribution in [0.1, 0.15) is 90.4 Å². The van der Waals surface area contributed by atoms with Crippen molar-refractivity contribution in [3.8, 4) is 0 Å². The average Bonchev–Trinajstić information content (AvgIpc) is 3.22. The lowest BCUT2D eigenvalue weighted by molar-refractivity contribution is -0.166. The molecular formula is C39H71N9O18. The minimum absolute atomic E-state index is 0.000836. The van der Waals surface area contributed by atoms with Gasteiger partial charge in [-0.05, 0) is 57.9 Å². The van der Waals surface area contributed by atoms with E-state index in [1.165, 1.54) is 11.8 Å². The molecule has 0 aromatic carbocycles. The number of amides is 5. The van der Waals surface area contributed by atoms with Gasteiger partial charge in [0.2, 0.25) is 29.5 Å². The second kappa shape index (κ2) is 38.7. The van der Waals surface area contributed by atoms with Gasteiger partial charge in [-0.1, -0.05) is 6.42 Å². The molecule has 0 radical (unpaired) electrons. The molecule has 380 valence electrons. The van der Waals surface area contributed by atoms with E-state index in [-0.39, 0.29) is 83.3 Å². The van der Waals surface area contributed by atoms with Crippen molar-refractivity contribution in [2.45, 2.75) is 90.4 Å². The summed E-state index contributed by atoms with van der Waals surface area (Å²) in [5.74, 6) is -8.21. The van der Waals surface area contributed by atoms with E-state index in [2.05, 4.69) is 10.6 Å². The molecule has 0 bridgehead atoms. The van der Waals surface area contributed by atoms with E-state index in [9.17, 15) is 63.6 Å². The third-order valence-corrected chi connectivity index (χ3v) is 9.14. The van der Waals surface area contributed by atoms with Crippen LogP contribution in [0.15, 0.2) is 0 Å². The molecule has 0 spiro atoms. The zero-order valence-electron chi connectivity index (χ0n) is 37.7. The van der Waals surface area contributed by atoms with Crippen LogP contribution in [0.5, 0.6) is 0 Å². The molecule has 0 aliphatic rings. The van der Waals surface area contributed by atoms with Gasteiger partial charge in [0, 0.05) is 91.5 Å². The summed E-state index contributed by atoms with van der Waals surface area (Å²) in [5, 5.41) is 80.2. The van der Waals surface area contributed by atoms with E-state index in [0.29, 0.717) is 73.3 Å². The van der Waals surface area contributed by atoms with Crippen molar-refractivity contribution in [3.63, 3.8) is 0 Å². The molecule has 0 aromatic heterocycles. The molecule has 0 aromatic rings. The smallest absolute Gasteiger partial charge is 0.317 e. The summed E-state index contributed by atoms with van der Waals surface area (Å²) in [6.07, 6.45) is 5.84. The van der Waals surface area contributed by atoms with E-state index in [0.717, 1.165) is 29.1 Å². The van der Waals surface area contributed by atoms with Crippen molar-refractivity contribution in [1.29, 1.82) is 0 Å². The highest BCUT2D eigenvalue weighted by Crippen LogP contribution is 2.04. The molecule has 0 unspecified atom stereocenters. The van der Waals surface area contributed by atoms with Crippen molar-refractivity contribution < 1.29 is 89.1 Å². The first-order valence-corrected chi connectivity index (χ1v) is 21.5. The van der Waals surface area contributed by atoms with E-state index >= 15 is 0 Å². The monoisotopic (exact) mass is 953 g/mol. The SMILES string of the molecule is CC(=O)N(O)CCCCCNC(=O)CCC(=O)N(O)CCCCCNC(=O)CCC(=O)N(O)CCCCCN.O=C(O)CN(CCN(CC(=O)O)CC(=O)O)CCN(CC(=O)O)CC(=O)O. The van der Waals surface area contributed by atoms with Crippen LogP contribution < -0.4 is 16.4 Å². The predicted octanol–water partition coefficient (Wildman–Crippen LogP) is -1.76. The Labute approximate surface area is 382 Å². The molecule has 27 nitrogen and oxygen atoms in total. The van der Waals surface area contributed by atoms with Gasteiger partial charge in [0.1, 0.15) is 0 Å². The Bertz CT molecular complexity index is 1440. The molecule has 0 aliphatic carbocycles. The van der Waals surface area contributed by atoms with Gasteiger partial charge in [-0.3, -0.25) is 78.3 Å². The van der Waals surface area contributed by atoms with Gasteiger partial charge < -0.3 is 41.9 Å². The molecule has 66 heavy (non-hydrogen) atoms. The molecule has 0 aliphatic heterocycles. The van der Waals surface area contributed by atoms with Crippen LogP contribution in [0.2, 0.25) is 0 Å². The maximum atomic E-state index is 12.0. The van der Waals surface area contributed by atoms with Crippen LogP contribution in [0.25, 0.3) is 0 Å². The Kier molecular flexibility index (Phi) is 36.6. The first-order chi connectivity index (χ1) is 31.1.